The third-order valence-electron chi connectivity index (χ3n) is 1.06. The highest BCUT2D eigenvalue weighted by Crippen LogP contribution is 2.35. The maximum Gasteiger partial charge on any atom is 0.358 e. The Kier molecular flexibility index (Phi) is 2.44. The Bertz CT molecular complexity index is 310. The summed E-state index contributed by atoms with van der Waals surface area (Å²) in [7, 11) is -4.17. The average Bonchev–Trinajstić information content (AvgIpc) is 1.86. The predicted octanol–water partition coefficient (Wildman–Crippen LogP) is 0.647. The molecule has 1 aromatic heterocycles. The highest BCUT2D eigenvalue weighted by atomic mass is 79.9. The Balaban J connectivity index is 3.25. The first kappa shape index (κ1) is 8.87. The summed E-state index contributed by atoms with van der Waals surface area (Å²) in [5.74, 6) is 0. The van der Waals surface area contributed by atoms with Gasteiger partial charge in [0.25, 0.3) is 0 Å². The topological polar surface area (TPSA) is 70.4 Å². The van der Waals surface area contributed by atoms with E-state index in [0.717, 1.165) is 6.20 Å². The predicted molar refractivity (Wildman–Crippen MR) is 43.6 cm³/mol. The molecule has 0 aliphatic heterocycles. The molecule has 60 valence electrons. The fourth-order valence-corrected chi connectivity index (χ4v) is 2.07. The van der Waals surface area contributed by atoms with E-state index in [4.69, 9.17) is 9.79 Å². The monoisotopic (exact) mass is 237 g/mol. The molecule has 0 aliphatic carbocycles. The van der Waals surface area contributed by atoms with E-state index in [2.05, 4.69) is 20.9 Å². The number of hydrogen-bond acceptors (Lipinski definition) is 2. The quantitative estimate of drug-likeness (QED) is 0.704. The minimum atomic E-state index is -4.17. The van der Waals surface area contributed by atoms with Crippen molar-refractivity contribution >= 4 is 28.8 Å². The molecule has 4 nitrogen and oxygen atoms in total. The standard InChI is InChI=1S/C5H5BrNO3P/c6-4-1-2-7-3-5(4)11(8,9)10/h1-3H,(H2,8,9,10). The van der Waals surface area contributed by atoms with E-state index in [9.17, 15) is 4.57 Å². The molecule has 0 aliphatic rings. The first-order valence-electron chi connectivity index (χ1n) is 2.67. The fourth-order valence-electron chi connectivity index (χ4n) is 0.583. The summed E-state index contributed by atoms with van der Waals surface area (Å²) in [4.78, 5) is 21.0. The second-order valence-corrected chi connectivity index (χ2v) is 4.30. The molecule has 0 unspecified atom stereocenters. The molecule has 0 aromatic carbocycles. The molecule has 1 heterocycles. The third-order valence-corrected chi connectivity index (χ3v) is 3.04. The smallest absolute Gasteiger partial charge is 0.321 e. The molecule has 0 amide bonds. The Morgan fingerprint density at radius 3 is 2.55 bits per heavy atom. The van der Waals surface area contributed by atoms with Crippen LogP contribution in [0.3, 0.4) is 0 Å². The van der Waals surface area contributed by atoms with Gasteiger partial charge in [0, 0.05) is 16.9 Å². The van der Waals surface area contributed by atoms with Crippen LogP contribution in [0.15, 0.2) is 22.9 Å². The van der Waals surface area contributed by atoms with Gasteiger partial charge >= 0.3 is 7.60 Å². The molecule has 0 saturated carbocycles. The summed E-state index contributed by atoms with van der Waals surface area (Å²) in [5, 5.41) is -0.0833. The molecule has 6 heteroatoms. The molecular weight excluding hydrogens is 233 g/mol. The molecular formula is C5H5BrNO3P. The molecule has 0 atom stereocenters. The van der Waals surface area contributed by atoms with Gasteiger partial charge in [-0.3, -0.25) is 9.55 Å². The average molecular weight is 238 g/mol. The van der Waals surface area contributed by atoms with Crippen LogP contribution in [0.5, 0.6) is 0 Å². The van der Waals surface area contributed by atoms with Crippen molar-refractivity contribution in [2.24, 2.45) is 0 Å². The molecule has 11 heavy (non-hydrogen) atoms. The highest BCUT2D eigenvalue weighted by Gasteiger charge is 2.19. The maximum atomic E-state index is 10.7. The molecule has 1 aromatic rings. The van der Waals surface area contributed by atoms with Gasteiger partial charge in [-0.05, 0) is 22.0 Å². The van der Waals surface area contributed by atoms with E-state index in [0.29, 0.717) is 4.47 Å². The van der Waals surface area contributed by atoms with Crippen molar-refractivity contribution < 1.29 is 14.4 Å². The van der Waals surface area contributed by atoms with E-state index in [1.165, 1.54) is 12.3 Å². The van der Waals surface area contributed by atoms with Crippen LogP contribution < -0.4 is 5.30 Å². The van der Waals surface area contributed by atoms with Crippen LogP contribution in [0, 0.1) is 0 Å². The van der Waals surface area contributed by atoms with Gasteiger partial charge in [0.15, 0.2) is 0 Å². The van der Waals surface area contributed by atoms with Crippen molar-refractivity contribution in [3.05, 3.63) is 22.9 Å². The lowest BCUT2D eigenvalue weighted by molar-refractivity contribution is 0.387. The van der Waals surface area contributed by atoms with E-state index in [1.807, 2.05) is 0 Å². The summed E-state index contributed by atoms with van der Waals surface area (Å²) < 4.78 is 11.1. The second-order valence-electron chi connectivity index (χ2n) is 1.87. The van der Waals surface area contributed by atoms with Crippen LogP contribution >= 0.6 is 23.5 Å². The lowest BCUT2D eigenvalue weighted by Crippen LogP contribution is -2.05. The van der Waals surface area contributed by atoms with Crippen LogP contribution in [-0.2, 0) is 4.57 Å². The van der Waals surface area contributed by atoms with E-state index in [1.54, 1.807) is 0 Å². The van der Waals surface area contributed by atoms with Crippen molar-refractivity contribution in [1.29, 1.82) is 0 Å². The third kappa shape index (κ3) is 2.10. The van der Waals surface area contributed by atoms with Gasteiger partial charge in [0.05, 0.1) is 5.30 Å². The van der Waals surface area contributed by atoms with Gasteiger partial charge in [-0.2, -0.15) is 0 Å². The summed E-state index contributed by atoms with van der Waals surface area (Å²) in [6.07, 6.45) is 2.59. The maximum absolute atomic E-state index is 10.7. The molecule has 0 saturated heterocycles. The zero-order valence-corrected chi connectivity index (χ0v) is 7.79. The zero-order chi connectivity index (χ0) is 8.48. The first-order valence-corrected chi connectivity index (χ1v) is 5.08. The van der Waals surface area contributed by atoms with E-state index < -0.39 is 7.60 Å². The summed E-state index contributed by atoms with van der Waals surface area (Å²) in [6.45, 7) is 0. The summed E-state index contributed by atoms with van der Waals surface area (Å²) in [5.41, 5.74) is 0. The van der Waals surface area contributed by atoms with Gasteiger partial charge in [0.2, 0.25) is 0 Å². The van der Waals surface area contributed by atoms with Crippen LogP contribution in [0.2, 0.25) is 0 Å². The molecule has 0 fully saturated rings. The summed E-state index contributed by atoms with van der Waals surface area (Å²) in [6, 6.07) is 1.48. The van der Waals surface area contributed by atoms with Gasteiger partial charge in [-0.25, -0.2) is 0 Å². The lowest BCUT2D eigenvalue weighted by atomic mass is 10.5. The SMILES string of the molecule is O=P(O)(O)c1cnccc1Br. The minimum absolute atomic E-state index is 0.0833. The Labute approximate surface area is 71.6 Å². The van der Waals surface area contributed by atoms with Gasteiger partial charge in [-0.15, -0.1) is 0 Å². The van der Waals surface area contributed by atoms with E-state index in [-0.39, 0.29) is 5.30 Å². The number of rotatable bonds is 1. The molecule has 0 bridgehead atoms. The van der Waals surface area contributed by atoms with E-state index >= 15 is 0 Å². The van der Waals surface area contributed by atoms with Crippen molar-refractivity contribution in [2.75, 3.05) is 0 Å². The molecule has 1 rings (SSSR count). The number of hydrogen-bond donors (Lipinski definition) is 2. The van der Waals surface area contributed by atoms with Gasteiger partial charge < -0.3 is 9.79 Å². The highest BCUT2D eigenvalue weighted by molar-refractivity contribution is 9.10. The van der Waals surface area contributed by atoms with Crippen LogP contribution in [0.25, 0.3) is 0 Å². The number of aromatic nitrogens is 1. The number of halogens is 1. The summed E-state index contributed by atoms with van der Waals surface area (Å²) >= 11 is 3.00. The molecule has 0 spiro atoms. The Hall–Kier alpha value is -0.220. The zero-order valence-electron chi connectivity index (χ0n) is 5.31. The van der Waals surface area contributed by atoms with Crippen molar-refractivity contribution in [3.8, 4) is 0 Å². The molecule has 2 N–H and O–H groups in total. The number of pyridine rings is 1. The number of nitrogens with zero attached hydrogens (tertiary/aromatic N) is 1. The van der Waals surface area contributed by atoms with Crippen LogP contribution in [0.1, 0.15) is 0 Å². The Morgan fingerprint density at radius 1 is 1.55 bits per heavy atom. The van der Waals surface area contributed by atoms with Crippen molar-refractivity contribution in [1.82, 2.24) is 4.98 Å². The Morgan fingerprint density at radius 2 is 2.18 bits per heavy atom. The van der Waals surface area contributed by atoms with Crippen LogP contribution in [-0.4, -0.2) is 14.8 Å². The van der Waals surface area contributed by atoms with Gasteiger partial charge in [0.1, 0.15) is 0 Å². The first-order chi connectivity index (χ1) is 5.02. The second kappa shape index (κ2) is 3.03. The fraction of sp³-hybridized carbons (Fsp3) is 0. The van der Waals surface area contributed by atoms with Crippen molar-refractivity contribution in [2.45, 2.75) is 0 Å². The minimum Gasteiger partial charge on any atom is -0.321 e. The molecule has 0 radical (unpaired) electrons. The van der Waals surface area contributed by atoms with Crippen LogP contribution in [0.4, 0.5) is 0 Å². The van der Waals surface area contributed by atoms with Crippen molar-refractivity contribution in [3.63, 3.8) is 0 Å². The largest absolute Gasteiger partial charge is 0.358 e. The van der Waals surface area contributed by atoms with Gasteiger partial charge in [-0.1, -0.05) is 0 Å². The normalized spacial score (nSPS) is 11.5. The lowest BCUT2D eigenvalue weighted by Gasteiger charge is -2.03.